The minimum absolute atomic E-state index is 0.190. The molecule has 1 N–H and O–H groups in total. The van der Waals surface area contributed by atoms with Crippen LogP contribution in [0, 0.1) is 34.5 Å². The lowest BCUT2D eigenvalue weighted by Crippen LogP contribution is -2.51. The minimum Gasteiger partial charge on any atom is -0.389 e. The molecule has 1 nitrogen and oxygen atoms in total. The lowest BCUT2D eigenvalue weighted by Gasteiger charge is -2.58. The second kappa shape index (κ2) is 4.22. The quantitative estimate of drug-likeness (QED) is 0.651. The van der Waals surface area contributed by atoms with E-state index in [1.54, 1.807) is 0 Å². The maximum atomic E-state index is 9.95. The molecule has 4 aliphatic carbocycles. The largest absolute Gasteiger partial charge is 0.389 e. The maximum absolute atomic E-state index is 9.95. The van der Waals surface area contributed by atoms with E-state index in [1.165, 1.54) is 32.1 Å². The highest BCUT2D eigenvalue weighted by Gasteiger charge is 2.55. The van der Waals surface area contributed by atoms with E-state index < -0.39 is 0 Å². The monoisotopic (exact) mass is 272 g/mol. The van der Waals surface area contributed by atoms with E-state index in [4.69, 9.17) is 0 Å². The fourth-order valence-electron chi connectivity index (χ4n) is 6.21. The van der Waals surface area contributed by atoms with Crippen LogP contribution >= 0.6 is 0 Å². The van der Waals surface area contributed by atoms with Crippen LogP contribution in [0.15, 0.2) is 24.3 Å². The third kappa shape index (κ3) is 1.65. The van der Waals surface area contributed by atoms with Gasteiger partial charge in [0.1, 0.15) is 0 Å². The van der Waals surface area contributed by atoms with Gasteiger partial charge in [-0.1, -0.05) is 38.2 Å². The predicted octanol–water partition coefficient (Wildman–Crippen LogP) is 4.33. The molecule has 0 heterocycles. The molecule has 7 atom stereocenters. The van der Waals surface area contributed by atoms with Crippen LogP contribution in [-0.2, 0) is 0 Å². The van der Waals surface area contributed by atoms with Gasteiger partial charge in [-0.15, -0.1) is 0 Å². The molecule has 0 spiro atoms. The average Bonchev–Trinajstić information content (AvgIpc) is 2.81. The summed E-state index contributed by atoms with van der Waals surface area (Å²) in [5.41, 5.74) is 0.905. The van der Waals surface area contributed by atoms with Gasteiger partial charge in [-0.2, -0.15) is 0 Å². The molecule has 4 aliphatic rings. The molecule has 0 saturated heterocycles. The number of aliphatic hydroxyl groups excluding tert-OH is 1. The number of rotatable bonds is 0. The molecule has 0 aliphatic heterocycles. The van der Waals surface area contributed by atoms with Crippen molar-refractivity contribution in [2.24, 2.45) is 34.5 Å². The Hall–Kier alpha value is -0.560. The fraction of sp³-hybridized carbons (Fsp3) is 0.789. The van der Waals surface area contributed by atoms with Crippen LogP contribution < -0.4 is 0 Å². The minimum atomic E-state index is -0.190. The molecule has 2 saturated carbocycles. The summed E-state index contributed by atoms with van der Waals surface area (Å²) in [6.07, 6.45) is 17.1. The first-order chi connectivity index (χ1) is 9.53. The smallest absolute Gasteiger partial charge is 0.0724 e. The summed E-state index contributed by atoms with van der Waals surface area (Å²) in [5, 5.41) is 9.95. The highest BCUT2D eigenvalue weighted by molar-refractivity contribution is 5.20. The zero-order valence-corrected chi connectivity index (χ0v) is 12.9. The zero-order valence-electron chi connectivity index (χ0n) is 12.9. The summed E-state index contributed by atoms with van der Waals surface area (Å²) >= 11 is 0. The van der Waals surface area contributed by atoms with E-state index in [1.807, 2.05) is 0 Å². The lowest BCUT2D eigenvalue weighted by atomic mass is 9.46. The van der Waals surface area contributed by atoms with Gasteiger partial charge >= 0.3 is 0 Å². The standard InChI is InChI=1S/C19H28O/c1-18-9-3-4-16(18)15-6-5-13-12-14(20)7-11-19(13,2)17(15)8-10-18/h3-4,7,11,13-17,20H,5-6,8-10,12H2,1-2H3/t13?,14?,15-,16-,17-,18-,19-/m0/s1. The summed E-state index contributed by atoms with van der Waals surface area (Å²) < 4.78 is 0. The van der Waals surface area contributed by atoms with E-state index in [-0.39, 0.29) is 6.10 Å². The highest BCUT2D eigenvalue weighted by atomic mass is 16.3. The van der Waals surface area contributed by atoms with Crippen molar-refractivity contribution in [3.8, 4) is 0 Å². The van der Waals surface area contributed by atoms with Gasteiger partial charge in [0.05, 0.1) is 6.10 Å². The summed E-state index contributed by atoms with van der Waals surface area (Å²) in [5.74, 6) is 3.25. The molecule has 4 rings (SSSR count). The van der Waals surface area contributed by atoms with Crippen LogP contribution in [0.25, 0.3) is 0 Å². The van der Waals surface area contributed by atoms with Crippen molar-refractivity contribution in [3.05, 3.63) is 24.3 Å². The molecule has 0 aromatic heterocycles. The molecular formula is C19H28O. The number of hydrogen-bond acceptors (Lipinski definition) is 1. The summed E-state index contributed by atoms with van der Waals surface area (Å²) in [7, 11) is 0. The molecule has 0 radical (unpaired) electrons. The topological polar surface area (TPSA) is 20.2 Å². The van der Waals surface area contributed by atoms with Crippen LogP contribution in [0.3, 0.4) is 0 Å². The van der Waals surface area contributed by atoms with Crippen molar-refractivity contribution >= 4 is 0 Å². The van der Waals surface area contributed by atoms with Gasteiger partial charge in [0, 0.05) is 0 Å². The van der Waals surface area contributed by atoms with E-state index in [0.717, 1.165) is 24.2 Å². The lowest BCUT2D eigenvalue weighted by molar-refractivity contribution is -0.0672. The molecule has 0 amide bonds. The Morgan fingerprint density at radius 3 is 2.80 bits per heavy atom. The Balaban J connectivity index is 1.68. The highest BCUT2D eigenvalue weighted by Crippen LogP contribution is 2.63. The van der Waals surface area contributed by atoms with Crippen molar-refractivity contribution in [2.75, 3.05) is 0 Å². The molecular weight excluding hydrogens is 244 g/mol. The first-order valence-corrected chi connectivity index (χ1v) is 8.57. The van der Waals surface area contributed by atoms with Gasteiger partial charge in [-0.25, -0.2) is 0 Å². The van der Waals surface area contributed by atoms with Gasteiger partial charge in [0.2, 0.25) is 0 Å². The molecule has 0 aromatic carbocycles. The average molecular weight is 272 g/mol. The fourth-order valence-corrected chi connectivity index (χ4v) is 6.21. The zero-order chi connectivity index (χ0) is 14.0. The molecule has 110 valence electrons. The van der Waals surface area contributed by atoms with E-state index in [2.05, 4.69) is 38.2 Å². The normalized spacial score (nSPS) is 57.0. The predicted molar refractivity (Wildman–Crippen MR) is 82.2 cm³/mol. The Kier molecular flexibility index (Phi) is 2.77. The Morgan fingerprint density at radius 2 is 1.95 bits per heavy atom. The molecule has 20 heavy (non-hydrogen) atoms. The van der Waals surface area contributed by atoms with Crippen LogP contribution in [0.1, 0.15) is 52.4 Å². The summed E-state index contributed by atoms with van der Waals surface area (Å²) in [4.78, 5) is 0. The number of fused-ring (bicyclic) bond motifs is 5. The van der Waals surface area contributed by atoms with Gasteiger partial charge in [0.25, 0.3) is 0 Å². The van der Waals surface area contributed by atoms with Crippen LogP contribution in [0.4, 0.5) is 0 Å². The van der Waals surface area contributed by atoms with Crippen molar-refractivity contribution in [3.63, 3.8) is 0 Å². The third-order valence-corrected chi connectivity index (χ3v) is 7.47. The van der Waals surface area contributed by atoms with E-state index >= 15 is 0 Å². The number of allylic oxidation sites excluding steroid dienone is 3. The molecule has 1 heteroatoms. The second-order valence-electron chi connectivity index (χ2n) is 8.42. The van der Waals surface area contributed by atoms with E-state index in [0.29, 0.717) is 16.7 Å². The molecule has 2 unspecified atom stereocenters. The molecule has 2 fully saturated rings. The number of aliphatic hydroxyl groups is 1. The van der Waals surface area contributed by atoms with Gasteiger partial charge in [-0.3, -0.25) is 0 Å². The van der Waals surface area contributed by atoms with Crippen LogP contribution in [0.2, 0.25) is 0 Å². The van der Waals surface area contributed by atoms with Gasteiger partial charge in [0.15, 0.2) is 0 Å². The Labute approximate surface area is 123 Å². The Morgan fingerprint density at radius 1 is 1.10 bits per heavy atom. The van der Waals surface area contributed by atoms with E-state index in [9.17, 15) is 5.11 Å². The summed E-state index contributed by atoms with van der Waals surface area (Å²) in [6.45, 7) is 5.00. The van der Waals surface area contributed by atoms with Gasteiger partial charge in [-0.05, 0) is 73.0 Å². The third-order valence-electron chi connectivity index (χ3n) is 7.47. The summed E-state index contributed by atoms with van der Waals surface area (Å²) in [6, 6.07) is 0. The SMILES string of the molecule is C[C@@]12CC=C[C@H]1[C@@H]1CCC3CC(O)C=C[C@]3(C)[C@H]1CC2. The second-order valence-corrected chi connectivity index (χ2v) is 8.42. The molecule has 0 aromatic rings. The van der Waals surface area contributed by atoms with Crippen LogP contribution in [0.5, 0.6) is 0 Å². The number of hydrogen-bond donors (Lipinski definition) is 1. The van der Waals surface area contributed by atoms with Crippen molar-refractivity contribution in [1.29, 1.82) is 0 Å². The maximum Gasteiger partial charge on any atom is 0.0724 e. The van der Waals surface area contributed by atoms with Crippen molar-refractivity contribution in [1.82, 2.24) is 0 Å². The van der Waals surface area contributed by atoms with Gasteiger partial charge < -0.3 is 5.11 Å². The van der Waals surface area contributed by atoms with Crippen molar-refractivity contribution < 1.29 is 5.11 Å². The first kappa shape index (κ1) is 13.1. The first-order valence-electron chi connectivity index (χ1n) is 8.57. The van der Waals surface area contributed by atoms with Crippen molar-refractivity contribution in [2.45, 2.75) is 58.5 Å². The Bertz CT molecular complexity index is 464. The molecule has 0 bridgehead atoms. The van der Waals surface area contributed by atoms with Crippen LogP contribution in [-0.4, -0.2) is 11.2 Å².